The first-order valence-corrected chi connectivity index (χ1v) is 8.80. The summed E-state index contributed by atoms with van der Waals surface area (Å²) < 4.78 is 10.2. The van der Waals surface area contributed by atoms with Gasteiger partial charge in [0, 0.05) is 11.0 Å². The van der Waals surface area contributed by atoms with Crippen LogP contribution in [-0.2, 0) is 9.59 Å². The molecule has 7 nitrogen and oxygen atoms in total. The van der Waals surface area contributed by atoms with E-state index in [1.807, 2.05) is 30.5 Å². The van der Waals surface area contributed by atoms with E-state index in [1.54, 1.807) is 30.0 Å². The summed E-state index contributed by atoms with van der Waals surface area (Å²) in [5.41, 5.74) is 3.35. The first-order chi connectivity index (χ1) is 12.6. The molecule has 0 bridgehead atoms. The lowest BCUT2D eigenvalue weighted by Gasteiger charge is -2.10. The summed E-state index contributed by atoms with van der Waals surface area (Å²) in [4.78, 5) is 25.0. The number of hydrazone groups is 1. The molecule has 2 amide bonds. The van der Waals surface area contributed by atoms with E-state index in [4.69, 9.17) is 9.47 Å². The molecule has 0 aliphatic rings. The van der Waals surface area contributed by atoms with Gasteiger partial charge in [-0.1, -0.05) is 12.1 Å². The molecule has 8 heteroatoms. The molecule has 2 aromatic carbocycles. The number of ether oxygens (including phenoxy) is 2. The van der Waals surface area contributed by atoms with Gasteiger partial charge in [0.15, 0.2) is 0 Å². The van der Waals surface area contributed by atoms with Gasteiger partial charge in [0.25, 0.3) is 0 Å². The van der Waals surface area contributed by atoms with Crippen LogP contribution in [0.15, 0.2) is 52.5 Å². The van der Waals surface area contributed by atoms with Crippen molar-refractivity contribution in [1.82, 2.24) is 5.43 Å². The minimum atomic E-state index is -0.889. The van der Waals surface area contributed by atoms with Crippen LogP contribution >= 0.6 is 11.8 Å². The van der Waals surface area contributed by atoms with Crippen molar-refractivity contribution < 1.29 is 19.1 Å². The Hall–Kier alpha value is -3.00. The number of hydrogen-bond donors (Lipinski definition) is 2. The monoisotopic (exact) mass is 373 g/mol. The molecule has 0 aromatic heterocycles. The number of amides is 2. The maximum Gasteiger partial charge on any atom is 0.329 e. The Kier molecular flexibility index (Phi) is 7.04. The largest absolute Gasteiger partial charge is 0.497 e. The van der Waals surface area contributed by atoms with Crippen molar-refractivity contribution in [1.29, 1.82) is 0 Å². The molecule has 2 N–H and O–H groups in total. The minimum absolute atomic E-state index is 0.352. The number of anilines is 1. The molecule has 2 rings (SSSR count). The van der Waals surface area contributed by atoms with Gasteiger partial charge in [-0.3, -0.25) is 9.59 Å². The van der Waals surface area contributed by atoms with Crippen LogP contribution in [0.5, 0.6) is 11.5 Å². The van der Waals surface area contributed by atoms with E-state index in [1.165, 1.54) is 20.4 Å². The van der Waals surface area contributed by atoms with Gasteiger partial charge in [0.1, 0.15) is 11.5 Å². The highest BCUT2D eigenvalue weighted by atomic mass is 32.2. The Labute approximate surface area is 155 Å². The van der Waals surface area contributed by atoms with E-state index in [0.717, 1.165) is 10.5 Å². The normalized spacial score (nSPS) is 10.4. The Bertz CT molecular complexity index is 807. The number of benzene rings is 2. The zero-order valence-electron chi connectivity index (χ0n) is 14.6. The molecule has 0 radical (unpaired) electrons. The van der Waals surface area contributed by atoms with Crippen molar-refractivity contribution in [3.8, 4) is 11.5 Å². The minimum Gasteiger partial charge on any atom is -0.497 e. The second-order valence-corrected chi connectivity index (χ2v) is 5.87. The van der Waals surface area contributed by atoms with Crippen molar-refractivity contribution in [2.45, 2.75) is 4.90 Å². The summed E-state index contributed by atoms with van der Waals surface area (Å²) in [6, 6.07) is 12.4. The fourth-order valence-corrected chi connectivity index (χ4v) is 2.40. The zero-order valence-corrected chi connectivity index (χ0v) is 15.4. The highest BCUT2D eigenvalue weighted by Gasteiger charge is 2.15. The van der Waals surface area contributed by atoms with Gasteiger partial charge in [-0.05, 0) is 36.1 Å². The van der Waals surface area contributed by atoms with Crippen LogP contribution in [0.1, 0.15) is 5.56 Å². The molecule has 0 aliphatic heterocycles. The number of nitrogens with zero attached hydrogens (tertiary/aromatic N) is 1. The molecule has 0 atom stereocenters. The summed E-state index contributed by atoms with van der Waals surface area (Å²) in [7, 11) is 2.98. The Balaban J connectivity index is 1.95. The third kappa shape index (κ3) is 5.25. The fourth-order valence-electron chi connectivity index (χ4n) is 1.99. The molecule has 136 valence electrons. The molecule has 0 saturated heterocycles. The Morgan fingerprint density at radius 2 is 1.77 bits per heavy atom. The smallest absolute Gasteiger partial charge is 0.329 e. The molecule has 0 aliphatic carbocycles. The first-order valence-electron chi connectivity index (χ1n) is 7.58. The van der Waals surface area contributed by atoms with Gasteiger partial charge in [-0.15, -0.1) is 11.8 Å². The maximum atomic E-state index is 12.0. The standard InChI is InChI=1S/C18H19N3O4S/c1-24-13-6-9-15(16(10-13)25-2)20-17(22)18(23)21-19-11-12-4-7-14(26-3)8-5-12/h4-11H,1-3H3,(H,20,22)(H,21,23)/b19-11+. The van der Waals surface area contributed by atoms with Gasteiger partial charge < -0.3 is 14.8 Å². The van der Waals surface area contributed by atoms with E-state index in [-0.39, 0.29) is 0 Å². The molecule has 0 unspecified atom stereocenters. The predicted octanol–water partition coefficient (Wildman–Crippen LogP) is 2.51. The third-order valence-electron chi connectivity index (χ3n) is 3.36. The third-order valence-corrected chi connectivity index (χ3v) is 4.10. The zero-order chi connectivity index (χ0) is 18.9. The number of rotatable bonds is 6. The maximum absolute atomic E-state index is 12.0. The van der Waals surface area contributed by atoms with Gasteiger partial charge in [-0.2, -0.15) is 5.10 Å². The molecule has 2 aromatic rings. The number of methoxy groups -OCH3 is 2. The highest BCUT2D eigenvalue weighted by Crippen LogP contribution is 2.28. The molecular weight excluding hydrogens is 354 g/mol. The van der Waals surface area contributed by atoms with E-state index in [9.17, 15) is 9.59 Å². The molecular formula is C18H19N3O4S. The number of carbonyl (C=O) groups excluding carboxylic acids is 2. The highest BCUT2D eigenvalue weighted by molar-refractivity contribution is 7.98. The lowest BCUT2D eigenvalue weighted by atomic mass is 10.2. The van der Waals surface area contributed by atoms with Gasteiger partial charge in [-0.25, -0.2) is 5.43 Å². The average molecular weight is 373 g/mol. The first kappa shape index (κ1) is 19.3. The van der Waals surface area contributed by atoms with E-state index in [0.29, 0.717) is 17.2 Å². The number of nitrogens with one attached hydrogen (secondary N) is 2. The van der Waals surface area contributed by atoms with E-state index >= 15 is 0 Å². The van der Waals surface area contributed by atoms with Crippen LogP contribution in [0.3, 0.4) is 0 Å². The van der Waals surface area contributed by atoms with Gasteiger partial charge >= 0.3 is 11.8 Å². The molecule has 0 spiro atoms. The topological polar surface area (TPSA) is 89.0 Å². The second kappa shape index (κ2) is 9.47. The predicted molar refractivity (Wildman–Crippen MR) is 102 cm³/mol. The van der Waals surface area contributed by atoms with E-state index in [2.05, 4.69) is 15.8 Å². The van der Waals surface area contributed by atoms with Crippen molar-refractivity contribution in [3.63, 3.8) is 0 Å². The van der Waals surface area contributed by atoms with Crippen LogP contribution in [0.25, 0.3) is 0 Å². The van der Waals surface area contributed by atoms with Crippen LogP contribution in [-0.4, -0.2) is 38.5 Å². The van der Waals surface area contributed by atoms with Crippen molar-refractivity contribution in [2.24, 2.45) is 5.10 Å². The van der Waals surface area contributed by atoms with Crippen molar-refractivity contribution >= 4 is 35.5 Å². The van der Waals surface area contributed by atoms with Crippen LogP contribution in [0, 0.1) is 0 Å². The van der Waals surface area contributed by atoms with Crippen molar-refractivity contribution in [3.05, 3.63) is 48.0 Å². The molecule has 0 saturated carbocycles. The quantitative estimate of drug-likeness (QED) is 0.352. The van der Waals surface area contributed by atoms with Gasteiger partial charge in [0.2, 0.25) is 0 Å². The van der Waals surface area contributed by atoms with Crippen LogP contribution in [0.2, 0.25) is 0 Å². The lowest BCUT2D eigenvalue weighted by molar-refractivity contribution is -0.136. The second-order valence-electron chi connectivity index (χ2n) is 4.99. The Morgan fingerprint density at radius 1 is 1.04 bits per heavy atom. The van der Waals surface area contributed by atoms with Crippen molar-refractivity contribution in [2.75, 3.05) is 25.8 Å². The number of carbonyl (C=O) groups is 2. The summed E-state index contributed by atoms with van der Waals surface area (Å²) >= 11 is 1.63. The van der Waals surface area contributed by atoms with Gasteiger partial charge in [0.05, 0.1) is 26.1 Å². The SMILES string of the molecule is COc1ccc(NC(=O)C(=O)N/N=C/c2ccc(SC)cc2)c(OC)c1. The summed E-state index contributed by atoms with van der Waals surface area (Å²) in [5, 5.41) is 6.25. The lowest BCUT2D eigenvalue weighted by Crippen LogP contribution is -2.32. The van der Waals surface area contributed by atoms with E-state index < -0.39 is 11.8 Å². The molecule has 0 fully saturated rings. The average Bonchev–Trinajstić information content (AvgIpc) is 2.68. The van der Waals surface area contributed by atoms with Crippen LogP contribution in [0.4, 0.5) is 5.69 Å². The molecule has 0 heterocycles. The molecule has 26 heavy (non-hydrogen) atoms. The summed E-state index contributed by atoms with van der Waals surface area (Å²) in [6.07, 6.45) is 3.45. The number of hydrogen-bond acceptors (Lipinski definition) is 6. The Morgan fingerprint density at radius 3 is 2.38 bits per heavy atom. The fraction of sp³-hybridized carbons (Fsp3) is 0.167. The number of thioether (sulfide) groups is 1. The summed E-state index contributed by atoms with van der Waals surface area (Å²) in [5.74, 6) is -0.799. The summed E-state index contributed by atoms with van der Waals surface area (Å²) in [6.45, 7) is 0. The van der Waals surface area contributed by atoms with Crippen LogP contribution < -0.4 is 20.2 Å².